The van der Waals surface area contributed by atoms with Gasteiger partial charge in [0, 0.05) is 22.9 Å². The second-order valence-corrected chi connectivity index (χ2v) is 5.50. The topological polar surface area (TPSA) is 26.3 Å². The van der Waals surface area contributed by atoms with Crippen molar-refractivity contribution in [2.75, 3.05) is 0 Å². The van der Waals surface area contributed by atoms with E-state index < -0.39 is 0 Å². The van der Waals surface area contributed by atoms with Gasteiger partial charge in [-0.3, -0.25) is 4.79 Å². The van der Waals surface area contributed by atoms with Crippen LogP contribution < -0.4 is 4.74 Å². The van der Waals surface area contributed by atoms with E-state index >= 15 is 0 Å². The van der Waals surface area contributed by atoms with Crippen LogP contribution in [0.2, 0.25) is 0 Å². The molecule has 1 aromatic heterocycles. The van der Waals surface area contributed by atoms with Crippen LogP contribution in [0.1, 0.15) is 34.0 Å². The molecule has 2 aromatic rings. The highest BCUT2D eigenvalue weighted by atomic mass is 32.1. The molecular weight excluding hydrogens is 244 g/mol. The maximum atomic E-state index is 12.4. The predicted octanol–water partition coefficient (Wildman–Crippen LogP) is 3.61. The van der Waals surface area contributed by atoms with Gasteiger partial charge in [-0.05, 0) is 48.6 Å². The first-order valence-corrected chi connectivity index (χ1v) is 6.96. The fraction of sp³-hybridized carbons (Fsp3) is 0.267. The van der Waals surface area contributed by atoms with Crippen molar-refractivity contribution in [3.8, 4) is 5.75 Å². The molecule has 2 heterocycles. The van der Waals surface area contributed by atoms with Crippen LogP contribution in [-0.4, -0.2) is 11.9 Å². The minimum atomic E-state index is 0.108. The Labute approximate surface area is 110 Å². The van der Waals surface area contributed by atoms with Gasteiger partial charge in [0.25, 0.3) is 0 Å². The summed E-state index contributed by atoms with van der Waals surface area (Å²) >= 11 is 1.57. The SMILES string of the molecule is Cc1cscc1C(=O)c1ccc2c(c1)CC(C)O2. The molecule has 0 fully saturated rings. The first kappa shape index (κ1) is 11.5. The zero-order valence-corrected chi connectivity index (χ0v) is 11.2. The molecule has 1 aliphatic rings. The maximum absolute atomic E-state index is 12.4. The average Bonchev–Trinajstić information content (AvgIpc) is 2.91. The van der Waals surface area contributed by atoms with Crippen molar-refractivity contribution in [2.24, 2.45) is 0 Å². The highest BCUT2D eigenvalue weighted by Crippen LogP contribution is 2.30. The van der Waals surface area contributed by atoms with E-state index in [0.29, 0.717) is 0 Å². The predicted molar refractivity (Wildman–Crippen MR) is 72.7 cm³/mol. The summed E-state index contributed by atoms with van der Waals surface area (Å²) in [5.74, 6) is 1.03. The molecule has 3 rings (SSSR count). The van der Waals surface area contributed by atoms with Gasteiger partial charge in [0.15, 0.2) is 5.78 Å². The van der Waals surface area contributed by atoms with E-state index in [9.17, 15) is 4.79 Å². The summed E-state index contributed by atoms with van der Waals surface area (Å²) in [6.07, 6.45) is 1.10. The molecule has 0 saturated carbocycles. The van der Waals surface area contributed by atoms with E-state index in [1.54, 1.807) is 11.3 Å². The molecule has 0 bridgehead atoms. The summed E-state index contributed by atoms with van der Waals surface area (Å²) in [5.41, 5.74) is 3.76. The van der Waals surface area contributed by atoms with Crippen molar-refractivity contribution in [1.82, 2.24) is 0 Å². The van der Waals surface area contributed by atoms with Crippen molar-refractivity contribution in [3.63, 3.8) is 0 Å². The Morgan fingerprint density at radius 2 is 2.22 bits per heavy atom. The number of thiophene rings is 1. The van der Waals surface area contributed by atoms with Gasteiger partial charge in [-0.15, -0.1) is 0 Å². The second kappa shape index (κ2) is 4.25. The quantitative estimate of drug-likeness (QED) is 0.769. The normalized spacial score (nSPS) is 17.3. The molecule has 1 unspecified atom stereocenters. The summed E-state index contributed by atoms with van der Waals surface area (Å²) in [5, 5.41) is 3.93. The third-order valence-electron chi connectivity index (χ3n) is 3.26. The number of benzene rings is 1. The number of ether oxygens (including phenoxy) is 1. The molecule has 1 aliphatic heterocycles. The number of rotatable bonds is 2. The highest BCUT2D eigenvalue weighted by Gasteiger charge is 2.21. The number of carbonyl (C=O) groups excluding carboxylic acids is 1. The highest BCUT2D eigenvalue weighted by molar-refractivity contribution is 7.08. The number of hydrogen-bond donors (Lipinski definition) is 0. The van der Waals surface area contributed by atoms with E-state index in [4.69, 9.17) is 4.74 Å². The van der Waals surface area contributed by atoms with E-state index in [-0.39, 0.29) is 11.9 Å². The van der Waals surface area contributed by atoms with Crippen molar-refractivity contribution >= 4 is 17.1 Å². The largest absolute Gasteiger partial charge is 0.490 e. The fourth-order valence-corrected chi connectivity index (χ4v) is 3.14. The molecular formula is C15H14O2S. The molecule has 0 saturated heterocycles. The van der Waals surface area contributed by atoms with Crippen molar-refractivity contribution in [1.29, 1.82) is 0 Å². The third kappa shape index (κ3) is 1.85. The lowest BCUT2D eigenvalue weighted by molar-refractivity contribution is 0.103. The first-order valence-electron chi connectivity index (χ1n) is 6.02. The monoisotopic (exact) mass is 258 g/mol. The Balaban J connectivity index is 1.97. The molecule has 3 heteroatoms. The molecule has 1 aromatic carbocycles. The van der Waals surface area contributed by atoms with Crippen LogP contribution in [0.4, 0.5) is 0 Å². The van der Waals surface area contributed by atoms with Crippen LogP contribution in [0, 0.1) is 6.92 Å². The summed E-state index contributed by atoms with van der Waals surface area (Å²) in [6.45, 7) is 4.02. The molecule has 0 N–H and O–H groups in total. The molecule has 0 spiro atoms. The van der Waals surface area contributed by atoms with E-state index in [2.05, 4.69) is 0 Å². The second-order valence-electron chi connectivity index (χ2n) is 4.75. The lowest BCUT2D eigenvalue weighted by atomic mass is 10.00. The number of fused-ring (bicyclic) bond motifs is 1. The molecule has 18 heavy (non-hydrogen) atoms. The van der Waals surface area contributed by atoms with Crippen molar-refractivity contribution in [2.45, 2.75) is 26.4 Å². The van der Waals surface area contributed by atoms with Crippen LogP contribution in [0.5, 0.6) is 5.75 Å². The lowest BCUT2D eigenvalue weighted by Crippen LogP contribution is -2.05. The molecule has 2 nitrogen and oxygen atoms in total. The molecule has 0 amide bonds. The zero-order valence-electron chi connectivity index (χ0n) is 10.4. The van der Waals surface area contributed by atoms with Gasteiger partial charge in [-0.25, -0.2) is 0 Å². The van der Waals surface area contributed by atoms with Crippen LogP contribution in [0.3, 0.4) is 0 Å². The number of hydrogen-bond acceptors (Lipinski definition) is 3. The van der Waals surface area contributed by atoms with Gasteiger partial charge in [-0.1, -0.05) is 0 Å². The third-order valence-corrected chi connectivity index (χ3v) is 4.12. The van der Waals surface area contributed by atoms with Crippen molar-refractivity contribution in [3.05, 3.63) is 51.2 Å². The van der Waals surface area contributed by atoms with Gasteiger partial charge in [-0.2, -0.15) is 11.3 Å². The fourth-order valence-electron chi connectivity index (χ4n) is 2.31. The van der Waals surface area contributed by atoms with Crippen LogP contribution in [-0.2, 0) is 6.42 Å². The minimum Gasteiger partial charge on any atom is -0.490 e. The van der Waals surface area contributed by atoms with E-state index in [0.717, 1.165) is 34.4 Å². The summed E-state index contributed by atoms with van der Waals surface area (Å²) in [7, 11) is 0. The number of carbonyl (C=O) groups is 1. The van der Waals surface area contributed by atoms with Crippen LogP contribution >= 0.6 is 11.3 Å². The van der Waals surface area contributed by atoms with Crippen LogP contribution in [0.15, 0.2) is 29.0 Å². The lowest BCUT2D eigenvalue weighted by Gasteiger charge is -2.04. The smallest absolute Gasteiger partial charge is 0.194 e. The molecule has 0 radical (unpaired) electrons. The number of aryl methyl sites for hydroxylation is 1. The van der Waals surface area contributed by atoms with Gasteiger partial charge < -0.3 is 4.74 Å². The van der Waals surface area contributed by atoms with E-state index in [1.807, 2.05) is 42.8 Å². The Morgan fingerprint density at radius 3 is 2.94 bits per heavy atom. The molecule has 92 valence electrons. The first-order chi connectivity index (χ1) is 8.65. The Kier molecular flexibility index (Phi) is 2.71. The summed E-state index contributed by atoms with van der Waals surface area (Å²) in [4.78, 5) is 12.4. The zero-order chi connectivity index (χ0) is 12.7. The average molecular weight is 258 g/mol. The summed E-state index contributed by atoms with van der Waals surface area (Å²) < 4.78 is 5.65. The van der Waals surface area contributed by atoms with Crippen molar-refractivity contribution < 1.29 is 9.53 Å². The molecule has 1 atom stereocenters. The van der Waals surface area contributed by atoms with Gasteiger partial charge in [0.05, 0.1) is 0 Å². The number of ketones is 1. The Bertz CT molecular complexity index is 613. The van der Waals surface area contributed by atoms with E-state index in [1.165, 1.54) is 0 Å². The molecule has 0 aliphatic carbocycles. The Hall–Kier alpha value is -1.61. The van der Waals surface area contributed by atoms with Gasteiger partial charge in [0.1, 0.15) is 11.9 Å². The van der Waals surface area contributed by atoms with Crippen LogP contribution in [0.25, 0.3) is 0 Å². The maximum Gasteiger partial charge on any atom is 0.194 e. The van der Waals surface area contributed by atoms with Gasteiger partial charge >= 0.3 is 0 Å². The summed E-state index contributed by atoms with van der Waals surface area (Å²) in [6, 6.07) is 5.74. The standard InChI is InChI=1S/C15H14O2S/c1-9-7-18-8-13(9)15(16)11-3-4-14-12(6-11)5-10(2)17-14/h3-4,6-8,10H,5H2,1-2H3. The minimum absolute atomic E-state index is 0.108. The Morgan fingerprint density at radius 1 is 1.39 bits per heavy atom. The van der Waals surface area contributed by atoms with Gasteiger partial charge in [0.2, 0.25) is 0 Å².